The lowest BCUT2D eigenvalue weighted by Crippen LogP contribution is -2.35. The zero-order valence-corrected chi connectivity index (χ0v) is 12.6. The zero-order chi connectivity index (χ0) is 15.1. The van der Waals surface area contributed by atoms with E-state index in [1.807, 2.05) is 0 Å². The van der Waals surface area contributed by atoms with Gasteiger partial charge >= 0.3 is 5.97 Å². The maximum Gasteiger partial charge on any atom is 0.308 e. The van der Waals surface area contributed by atoms with Crippen LogP contribution >= 0.6 is 0 Å². The monoisotopic (exact) mass is 281 g/mol. The van der Waals surface area contributed by atoms with Crippen molar-refractivity contribution in [2.75, 3.05) is 6.54 Å². The lowest BCUT2D eigenvalue weighted by Gasteiger charge is -2.21. The second kappa shape index (κ2) is 5.19. The average Bonchev–Trinajstić information content (AvgIpc) is 2.76. The van der Waals surface area contributed by atoms with Gasteiger partial charge in [0.1, 0.15) is 5.60 Å². The molecule has 1 aliphatic carbocycles. The van der Waals surface area contributed by atoms with Crippen molar-refractivity contribution in [3.05, 3.63) is 0 Å². The van der Waals surface area contributed by atoms with Crippen LogP contribution in [0.25, 0.3) is 0 Å². The van der Waals surface area contributed by atoms with Crippen molar-refractivity contribution >= 4 is 17.8 Å². The van der Waals surface area contributed by atoms with Crippen LogP contribution in [0.4, 0.5) is 0 Å². The third-order valence-electron chi connectivity index (χ3n) is 3.92. The van der Waals surface area contributed by atoms with Crippen molar-refractivity contribution in [3.63, 3.8) is 0 Å². The molecule has 5 nitrogen and oxygen atoms in total. The number of carbonyl (C=O) groups is 3. The highest BCUT2D eigenvalue weighted by Crippen LogP contribution is 2.42. The van der Waals surface area contributed by atoms with Crippen LogP contribution in [0.2, 0.25) is 0 Å². The Hall–Kier alpha value is -1.39. The molecule has 2 atom stereocenters. The summed E-state index contributed by atoms with van der Waals surface area (Å²) in [6.07, 6.45) is 1.65. The number of carbonyl (C=O) groups excluding carboxylic acids is 3. The first-order valence-electron chi connectivity index (χ1n) is 7.26. The van der Waals surface area contributed by atoms with Gasteiger partial charge in [-0.1, -0.05) is 6.92 Å². The molecule has 0 spiro atoms. The fourth-order valence-electron chi connectivity index (χ4n) is 3.16. The summed E-state index contributed by atoms with van der Waals surface area (Å²) in [7, 11) is 0. The molecule has 2 fully saturated rings. The van der Waals surface area contributed by atoms with Crippen LogP contribution < -0.4 is 0 Å². The van der Waals surface area contributed by atoms with Gasteiger partial charge in [-0.15, -0.1) is 0 Å². The van der Waals surface area contributed by atoms with Crippen molar-refractivity contribution in [1.82, 2.24) is 4.90 Å². The fourth-order valence-corrected chi connectivity index (χ4v) is 3.16. The van der Waals surface area contributed by atoms with Crippen LogP contribution in [0.3, 0.4) is 0 Å². The van der Waals surface area contributed by atoms with Gasteiger partial charge in [0.15, 0.2) is 0 Å². The van der Waals surface area contributed by atoms with Crippen molar-refractivity contribution < 1.29 is 19.1 Å². The Kier molecular flexibility index (Phi) is 3.89. The molecule has 2 amide bonds. The smallest absolute Gasteiger partial charge is 0.308 e. The van der Waals surface area contributed by atoms with E-state index in [1.54, 1.807) is 20.8 Å². The highest BCUT2D eigenvalue weighted by Gasteiger charge is 2.51. The Morgan fingerprint density at radius 1 is 1.20 bits per heavy atom. The lowest BCUT2D eigenvalue weighted by atomic mass is 10.00. The van der Waals surface area contributed by atoms with E-state index in [9.17, 15) is 14.4 Å². The molecule has 0 bridgehead atoms. The van der Waals surface area contributed by atoms with Crippen molar-refractivity contribution in [3.8, 4) is 0 Å². The second-order valence-electron chi connectivity index (χ2n) is 6.95. The van der Waals surface area contributed by atoms with Gasteiger partial charge in [-0.05, 0) is 39.5 Å². The molecule has 5 heteroatoms. The van der Waals surface area contributed by atoms with Crippen LogP contribution in [-0.4, -0.2) is 34.8 Å². The highest BCUT2D eigenvalue weighted by molar-refractivity contribution is 6.05. The van der Waals surface area contributed by atoms with E-state index in [1.165, 1.54) is 4.90 Å². The number of esters is 1. The van der Waals surface area contributed by atoms with E-state index in [0.29, 0.717) is 5.92 Å². The molecule has 20 heavy (non-hydrogen) atoms. The molecule has 0 aromatic rings. The molecule has 2 aliphatic rings. The average molecular weight is 281 g/mol. The number of hydrogen-bond donors (Lipinski definition) is 0. The van der Waals surface area contributed by atoms with Gasteiger partial charge < -0.3 is 4.74 Å². The number of nitrogens with zero attached hydrogens (tertiary/aromatic N) is 1. The van der Waals surface area contributed by atoms with Gasteiger partial charge in [0.25, 0.3) is 0 Å². The van der Waals surface area contributed by atoms with E-state index in [4.69, 9.17) is 4.74 Å². The van der Waals surface area contributed by atoms with E-state index in [2.05, 4.69) is 6.92 Å². The maximum absolute atomic E-state index is 12.2. The number of likely N-dealkylation sites (tertiary alicyclic amines) is 1. The van der Waals surface area contributed by atoms with Crippen LogP contribution in [0.5, 0.6) is 0 Å². The molecule has 1 heterocycles. The maximum atomic E-state index is 12.2. The Morgan fingerprint density at radius 2 is 1.70 bits per heavy atom. The fraction of sp³-hybridized carbons (Fsp3) is 0.800. The number of fused-ring (bicyclic) bond motifs is 1. The van der Waals surface area contributed by atoms with Gasteiger partial charge in [-0.2, -0.15) is 0 Å². The molecule has 1 saturated heterocycles. The van der Waals surface area contributed by atoms with Gasteiger partial charge in [-0.3, -0.25) is 19.3 Å². The summed E-state index contributed by atoms with van der Waals surface area (Å²) in [4.78, 5) is 37.3. The minimum absolute atomic E-state index is 0.0732. The molecule has 1 aliphatic heterocycles. The molecule has 2 unspecified atom stereocenters. The second-order valence-corrected chi connectivity index (χ2v) is 6.95. The van der Waals surface area contributed by atoms with Crippen molar-refractivity contribution in [2.45, 2.75) is 52.6 Å². The summed E-state index contributed by atoms with van der Waals surface area (Å²) in [6, 6.07) is 0. The van der Waals surface area contributed by atoms with E-state index in [0.717, 1.165) is 12.8 Å². The van der Waals surface area contributed by atoms with E-state index >= 15 is 0 Å². The summed E-state index contributed by atoms with van der Waals surface area (Å²) in [6.45, 7) is 7.60. The van der Waals surface area contributed by atoms with Crippen LogP contribution in [-0.2, 0) is 19.1 Å². The van der Waals surface area contributed by atoms with Crippen molar-refractivity contribution in [2.24, 2.45) is 17.8 Å². The Bertz CT molecular complexity index is 414. The van der Waals surface area contributed by atoms with Gasteiger partial charge in [0, 0.05) is 6.54 Å². The molecule has 1 saturated carbocycles. The molecule has 0 aromatic heterocycles. The first kappa shape index (κ1) is 15.0. The standard InChI is InChI=1S/C15H23NO4/c1-9-7-10-11(8-9)14(19)16(13(10)18)6-5-12(17)20-15(2,3)4/h9-11H,5-8H2,1-4H3. The van der Waals surface area contributed by atoms with Gasteiger partial charge in [-0.25, -0.2) is 0 Å². The third kappa shape index (κ3) is 3.02. The minimum atomic E-state index is -0.540. The lowest BCUT2D eigenvalue weighted by molar-refractivity contribution is -0.155. The predicted octanol–water partition coefficient (Wildman–Crippen LogP) is 1.75. The first-order chi connectivity index (χ1) is 9.19. The SMILES string of the molecule is CC1CC2C(=O)N(CCC(=O)OC(C)(C)C)C(=O)C2C1. The normalized spacial score (nSPS) is 29.8. The molecule has 2 rings (SSSR count). The summed E-state index contributed by atoms with van der Waals surface area (Å²) >= 11 is 0. The summed E-state index contributed by atoms with van der Waals surface area (Å²) in [5.74, 6) is -0.456. The van der Waals surface area contributed by atoms with Crippen LogP contribution in [0.1, 0.15) is 47.0 Å². The van der Waals surface area contributed by atoms with Gasteiger partial charge in [0.05, 0.1) is 18.3 Å². The summed E-state index contributed by atoms with van der Waals surface area (Å²) < 4.78 is 5.19. The molecular weight excluding hydrogens is 258 g/mol. The molecular formula is C15H23NO4. The first-order valence-corrected chi connectivity index (χ1v) is 7.26. The Labute approximate surface area is 119 Å². The summed E-state index contributed by atoms with van der Waals surface area (Å²) in [5.41, 5.74) is -0.540. The van der Waals surface area contributed by atoms with Crippen molar-refractivity contribution in [1.29, 1.82) is 0 Å². The summed E-state index contributed by atoms with van der Waals surface area (Å²) in [5, 5.41) is 0. The van der Waals surface area contributed by atoms with Crippen LogP contribution in [0.15, 0.2) is 0 Å². The number of amides is 2. The zero-order valence-electron chi connectivity index (χ0n) is 12.6. The Balaban J connectivity index is 1.90. The topological polar surface area (TPSA) is 63.7 Å². The number of rotatable bonds is 3. The number of imide groups is 1. The third-order valence-corrected chi connectivity index (χ3v) is 3.92. The highest BCUT2D eigenvalue weighted by atomic mass is 16.6. The van der Waals surface area contributed by atoms with Crippen LogP contribution in [0, 0.1) is 17.8 Å². The predicted molar refractivity (Wildman–Crippen MR) is 72.6 cm³/mol. The van der Waals surface area contributed by atoms with Gasteiger partial charge in [0.2, 0.25) is 11.8 Å². The molecule has 0 radical (unpaired) electrons. The number of ether oxygens (including phenoxy) is 1. The van der Waals surface area contributed by atoms with E-state index in [-0.39, 0.29) is 42.6 Å². The Morgan fingerprint density at radius 3 is 2.15 bits per heavy atom. The quantitative estimate of drug-likeness (QED) is 0.584. The molecule has 112 valence electrons. The molecule has 0 aromatic carbocycles. The van der Waals surface area contributed by atoms with E-state index < -0.39 is 5.60 Å². The molecule has 0 N–H and O–H groups in total. The largest absolute Gasteiger partial charge is 0.460 e. The minimum Gasteiger partial charge on any atom is -0.460 e. The number of hydrogen-bond acceptors (Lipinski definition) is 4.